The van der Waals surface area contributed by atoms with Crippen LogP contribution in [-0.4, -0.2) is 29.2 Å². The average molecular weight is 325 g/mol. The Morgan fingerprint density at radius 2 is 1.89 bits per heavy atom. The normalized spacial score (nSPS) is 18.1. The van der Waals surface area contributed by atoms with Crippen LogP contribution in [0.2, 0.25) is 0 Å². The molecule has 1 saturated heterocycles. The van der Waals surface area contributed by atoms with Crippen molar-refractivity contribution in [1.29, 1.82) is 0 Å². The first-order valence-corrected chi connectivity index (χ1v) is 6.26. The molecule has 1 aliphatic rings. The minimum absolute atomic E-state index is 0.0832. The zero-order valence-electron chi connectivity index (χ0n) is 9.41. The number of anilines is 2. The predicted molar refractivity (Wildman–Crippen MR) is 65.1 cm³/mol. The highest BCUT2D eigenvalue weighted by Gasteiger charge is 2.41. The fourth-order valence-electron chi connectivity index (χ4n) is 2.01. The van der Waals surface area contributed by atoms with Gasteiger partial charge in [-0.25, -0.2) is 9.97 Å². The van der Waals surface area contributed by atoms with Crippen LogP contribution >= 0.6 is 15.9 Å². The van der Waals surface area contributed by atoms with Crippen LogP contribution in [0.15, 0.2) is 10.8 Å². The Balaban J connectivity index is 2.08. The first kappa shape index (κ1) is 13.4. The Morgan fingerprint density at radius 3 is 2.44 bits per heavy atom. The summed E-state index contributed by atoms with van der Waals surface area (Å²) < 4.78 is 38.2. The Bertz CT molecular complexity index is 430. The van der Waals surface area contributed by atoms with Crippen molar-refractivity contribution >= 4 is 27.6 Å². The van der Waals surface area contributed by atoms with Gasteiger partial charge in [0.25, 0.3) is 0 Å². The second kappa shape index (κ2) is 4.91. The maximum absolute atomic E-state index is 12.5. The first-order valence-electron chi connectivity index (χ1n) is 5.47. The highest BCUT2D eigenvalue weighted by atomic mass is 79.9. The molecule has 2 heterocycles. The number of nitrogen functional groups attached to an aromatic ring is 1. The van der Waals surface area contributed by atoms with Crippen LogP contribution in [0.3, 0.4) is 0 Å². The molecule has 0 amide bonds. The average Bonchev–Trinajstić information content (AvgIpc) is 2.32. The molecule has 0 spiro atoms. The summed E-state index contributed by atoms with van der Waals surface area (Å²) in [6.45, 7) is 0.637. The van der Waals surface area contributed by atoms with E-state index < -0.39 is 12.1 Å². The van der Waals surface area contributed by atoms with Gasteiger partial charge in [0, 0.05) is 13.1 Å². The van der Waals surface area contributed by atoms with Gasteiger partial charge < -0.3 is 10.6 Å². The van der Waals surface area contributed by atoms with Gasteiger partial charge in [0.2, 0.25) is 0 Å². The molecule has 2 N–H and O–H groups in total. The number of alkyl halides is 3. The van der Waals surface area contributed by atoms with Gasteiger partial charge >= 0.3 is 6.18 Å². The molecule has 0 aromatic carbocycles. The molecule has 100 valence electrons. The van der Waals surface area contributed by atoms with Crippen molar-refractivity contribution in [1.82, 2.24) is 9.97 Å². The maximum Gasteiger partial charge on any atom is 0.391 e. The van der Waals surface area contributed by atoms with E-state index in [1.54, 1.807) is 4.90 Å². The topological polar surface area (TPSA) is 55.0 Å². The molecule has 0 aliphatic carbocycles. The lowest BCUT2D eigenvalue weighted by atomic mass is 9.96. The standard InChI is InChI=1S/C10H12BrF3N4/c11-7-8(15)16-5-17-9(7)18-3-1-6(2-4-18)10(12,13)14/h5-6H,1-4H2,(H2,15,16,17). The van der Waals surface area contributed by atoms with Gasteiger partial charge in [-0.15, -0.1) is 0 Å². The lowest BCUT2D eigenvalue weighted by Gasteiger charge is -2.34. The van der Waals surface area contributed by atoms with Crippen LogP contribution in [0.25, 0.3) is 0 Å². The molecule has 8 heteroatoms. The number of hydrogen-bond donors (Lipinski definition) is 1. The third-order valence-electron chi connectivity index (χ3n) is 3.06. The molecule has 4 nitrogen and oxygen atoms in total. The van der Waals surface area contributed by atoms with E-state index in [9.17, 15) is 13.2 Å². The van der Waals surface area contributed by atoms with Crippen LogP contribution in [-0.2, 0) is 0 Å². The van der Waals surface area contributed by atoms with E-state index >= 15 is 0 Å². The number of aromatic nitrogens is 2. The molecule has 0 unspecified atom stereocenters. The molecule has 0 bridgehead atoms. The summed E-state index contributed by atoms with van der Waals surface area (Å²) in [6, 6.07) is 0. The minimum Gasteiger partial charge on any atom is -0.383 e. The van der Waals surface area contributed by atoms with E-state index in [0.717, 1.165) is 0 Å². The predicted octanol–water partition coefficient (Wildman–Crippen LogP) is 2.60. The van der Waals surface area contributed by atoms with E-state index in [2.05, 4.69) is 25.9 Å². The number of hydrogen-bond acceptors (Lipinski definition) is 4. The molecule has 1 fully saturated rings. The smallest absolute Gasteiger partial charge is 0.383 e. The highest BCUT2D eigenvalue weighted by molar-refractivity contribution is 9.10. The van der Waals surface area contributed by atoms with Gasteiger partial charge in [-0.1, -0.05) is 0 Å². The molecule has 1 aliphatic heterocycles. The second-order valence-electron chi connectivity index (χ2n) is 4.20. The molecule has 2 rings (SSSR count). The quantitative estimate of drug-likeness (QED) is 0.862. The van der Waals surface area contributed by atoms with Crippen LogP contribution in [0, 0.1) is 5.92 Å². The number of nitrogens with two attached hydrogens (primary N) is 1. The van der Waals surface area contributed by atoms with Crippen LogP contribution in [0.1, 0.15) is 12.8 Å². The van der Waals surface area contributed by atoms with E-state index in [-0.39, 0.29) is 18.7 Å². The summed E-state index contributed by atoms with van der Waals surface area (Å²) in [5, 5.41) is 0. The van der Waals surface area contributed by atoms with E-state index in [4.69, 9.17) is 5.73 Å². The summed E-state index contributed by atoms with van der Waals surface area (Å²) in [5.41, 5.74) is 5.62. The van der Waals surface area contributed by atoms with E-state index in [0.29, 0.717) is 23.4 Å². The Morgan fingerprint density at radius 1 is 1.28 bits per heavy atom. The van der Waals surface area contributed by atoms with Gasteiger partial charge in [-0.3, -0.25) is 0 Å². The number of piperidine rings is 1. The van der Waals surface area contributed by atoms with Gasteiger partial charge in [-0.2, -0.15) is 13.2 Å². The van der Waals surface area contributed by atoms with Gasteiger partial charge in [-0.05, 0) is 28.8 Å². The van der Waals surface area contributed by atoms with Gasteiger partial charge in [0.15, 0.2) is 0 Å². The largest absolute Gasteiger partial charge is 0.391 e. The van der Waals surface area contributed by atoms with Crippen molar-refractivity contribution in [2.45, 2.75) is 19.0 Å². The zero-order valence-corrected chi connectivity index (χ0v) is 11.0. The SMILES string of the molecule is Nc1ncnc(N2CCC(C(F)(F)F)CC2)c1Br. The van der Waals surface area contributed by atoms with Crippen molar-refractivity contribution in [3.8, 4) is 0 Å². The number of rotatable bonds is 1. The lowest BCUT2D eigenvalue weighted by Crippen LogP contribution is -2.39. The fourth-order valence-corrected chi connectivity index (χ4v) is 2.47. The van der Waals surface area contributed by atoms with Crippen molar-refractivity contribution in [3.63, 3.8) is 0 Å². The van der Waals surface area contributed by atoms with Gasteiger partial charge in [0.1, 0.15) is 22.4 Å². The Hall–Kier alpha value is -1.05. The molecule has 0 saturated carbocycles. The molecule has 18 heavy (non-hydrogen) atoms. The molecular formula is C10H12BrF3N4. The van der Waals surface area contributed by atoms with E-state index in [1.165, 1.54) is 6.33 Å². The molecule has 0 atom stereocenters. The highest BCUT2D eigenvalue weighted by Crippen LogP contribution is 2.36. The summed E-state index contributed by atoms with van der Waals surface area (Å²) in [6.07, 6.45) is -2.63. The Labute approximate surface area is 111 Å². The second-order valence-corrected chi connectivity index (χ2v) is 4.99. The van der Waals surface area contributed by atoms with Crippen molar-refractivity contribution in [2.24, 2.45) is 5.92 Å². The monoisotopic (exact) mass is 324 g/mol. The zero-order chi connectivity index (χ0) is 13.3. The van der Waals surface area contributed by atoms with Crippen LogP contribution < -0.4 is 10.6 Å². The third kappa shape index (κ3) is 2.68. The summed E-state index contributed by atoms with van der Waals surface area (Å²) in [5.74, 6) is -0.368. The number of halogens is 4. The van der Waals surface area contributed by atoms with E-state index in [1.807, 2.05) is 0 Å². The Kier molecular flexibility index (Phi) is 3.65. The lowest BCUT2D eigenvalue weighted by molar-refractivity contribution is -0.179. The van der Waals surface area contributed by atoms with Crippen LogP contribution in [0.4, 0.5) is 24.8 Å². The van der Waals surface area contributed by atoms with Gasteiger partial charge in [0.05, 0.1) is 5.92 Å². The van der Waals surface area contributed by atoms with Crippen molar-refractivity contribution < 1.29 is 13.2 Å². The summed E-state index contributed by atoms with van der Waals surface area (Å²) >= 11 is 3.26. The summed E-state index contributed by atoms with van der Waals surface area (Å²) in [7, 11) is 0. The van der Waals surface area contributed by atoms with Crippen LogP contribution in [0.5, 0.6) is 0 Å². The molecular weight excluding hydrogens is 313 g/mol. The molecule has 0 radical (unpaired) electrons. The maximum atomic E-state index is 12.5. The molecule has 1 aromatic rings. The fraction of sp³-hybridized carbons (Fsp3) is 0.600. The van der Waals surface area contributed by atoms with Crippen molar-refractivity contribution in [2.75, 3.05) is 23.7 Å². The van der Waals surface area contributed by atoms with Crippen molar-refractivity contribution in [3.05, 3.63) is 10.8 Å². The third-order valence-corrected chi connectivity index (χ3v) is 3.82. The number of nitrogens with zero attached hydrogens (tertiary/aromatic N) is 3. The first-order chi connectivity index (χ1) is 8.39. The summed E-state index contributed by atoms with van der Waals surface area (Å²) in [4.78, 5) is 9.65. The minimum atomic E-state index is -4.10. The molecule has 1 aromatic heterocycles.